The van der Waals surface area contributed by atoms with Crippen molar-refractivity contribution in [2.75, 3.05) is 13.2 Å². The van der Waals surface area contributed by atoms with Crippen molar-refractivity contribution in [2.45, 2.75) is 65.4 Å². The molecule has 1 aromatic rings. The zero-order valence-corrected chi connectivity index (χ0v) is 19.5. The fourth-order valence-corrected chi connectivity index (χ4v) is 5.82. The number of aromatic hydroxyl groups is 1. The number of benzene rings is 1. The summed E-state index contributed by atoms with van der Waals surface area (Å²) < 4.78 is 6.27. The third kappa shape index (κ3) is 4.03. The summed E-state index contributed by atoms with van der Waals surface area (Å²) in [5.41, 5.74) is 4.73. The van der Waals surface area contributed by atoms with Crippen molar-refractivity contribution in [1.82, 2.24) is 4.90 Å². The third-order valence-electron chi connectivity index (χ3n) is 7.45. The summed E-state index contributed by atoms with van der Waals surface area (Å²) in [4.78, 5) is 27.6. The van der Waals surface area contributed by atoms with Crippen molar-refractivity contribution in [3.05, 3.63) is 46.5 Å². The lowest BCUT2D eigenvalue weighted by molar-refractivity contribution is -0.140. The van der Waals surface area contributed by atoms with Crippen molar-refractivity contribution < 1.29 is 19.4 Å². The van der Waals surface area contributed by atoms with Crippen molar-refractivity contribution >= 4 is 17.9 Å². The fourth-order valence-electron chi connectivity index (χ4n) is 5.82. The predicted octanol–water partition coefficient (Wildman–Crippen LogP) is 5.10. The Morgan fingerprint density at radius 3 is 2.62 bits per heavy atom. The maximum absolute atomic E-state index is 13.1. The number of carbonyl (C=O) groups excluding carboxylic acids is 2. The van der Waals surface area contributed by atoms with Crippen LogP contribution >= 0.6 is 0 Å². The molecule has 1 N–H and O–H groups in total. The van der Waals surface area contributed by atoms with Gasteiger partial charge in [0.1, 0.15) is 5.75 Å². The molecule has 2 fully saturated rings. The number of carbonyl (C=O) groups is 2. The number of imide groups is 1. The van der Waals surface area contributed by atoms with Gasteiger partial charge in [0.15, 0.2) is 0 Å². The van der Waals surface area contributed by atoms with E-state index in [9.17, 15) is 14.7 Å². The first-order valence-corrected chi connectivity index (χ1v) is 12.2. The van der Waals surface area contributed by atoms with Gasteiger partial charge in [-0.1, -0.05) is 56.2 Å². The number of phenols is 1. The molecule has 3 aliphatic rings. The molecule has 1 aliphatic carbocycles. The molecule has 2 amide bonds. The second-order valence-corrected chi connectivity index (χ2v) is 9.26. The van der Waals surface area contributed by atoms with E-state index < -0.39 is 0 Å². The van der Waals surface area contributed by atoms with Crippen LogP contribution in [0, 0.1) is 17.8 Å². The van der Waals surface area contributed by atoms with Crippen LogP contribution in [-0.4, -0.2) is 41.1 Å². The summed E-state index contributed by atoms with van der Waals surface area (Å²) in [5.74, 6) is -0.0733. The van der Waals surface area contributed by atoms with Gasteiger partial charge in [-0.3, -0.25) is 14.5 Å². The maximum atomic E-state index is 13.1. The Labute approximate surface area is 191 Å². The zero-order valence-electron chi connectivity index (χ0n) is 19.5. The number of allylic oxidation sites excluding steroid dienone is 2. The van der Waals surface area contributed by atoms with E-state index in [4.69, 9.17) is 4.74 Å². The Kier molecular flexibility index (Phi) is 6.85. The molecule has 0 unspecified atom stereocenters. The van der Waals surface area contributed by atoms with Gasteiger partial charge >= 0.3 is 0 Å². The van der Waals surface area contributed by atoms with Gasteiger partial charge in [-0.15, -0.1) is 0 Å². The van der Waals surface area contributed by atoms with E-state index in [0.29, 0.717) is 25.3 Å². The molecule has 172 valence electrons. The van der Waals surface area contributed by atoms with Gasteiger partial charge in [-0.05, 0) is 50.2 Å². The molecule has 5 heteroatoms. The van der Waals surface area contributed by atoms with Crippen LogP contribution in [0.15, 0.2) is 41.0 Å². The molecule has 32 heavy (non-hydrogen) atoms. The minimum absolute atomic E-state index is 0.0115. The monoisotopic (exact) mass is 437 g/mol. The van der Waals surface area contributed by atoms with Crippen LogP contribution in [0.1, 0.15) is 64.9 Å². The number of hydrogen-bond donors (Lipinski definition) is 1. The number of ether oxygens (including phenoxy) is 1. The lowest BCUT2D eigenvalue weighted by atomic mass is 9.69. The number of fused-ring (bicyclic) bond motifs is 3. The Morgan fingerprint density at radius 2 is 1.94 bits per heavy atom. The predicted molar refractivity (Wildman–Crippen MR) is 125 cm³/mol. The lowest BCUT2D eigenvalue weighted by Crippen LogP contribution is -2.34. The molecule has 0 radical (unpaired) electrons. The van der Waals surface area contributed by atoms with E-state index >= 15 is 0 Å². The molecule has 2 aliphatic heterocycles. The van der Waals surface area contributed by atoms with E-state index in [2.05, 4.69) is 19.9 Å². The van der Waals surface area contributed by atoms with Crippen molar-refractivity contribution in [1.29, 1.82) is 0 Å². The fraction of sp³-hybridized carbons (Fsp3) is 0.556. The van der Waals surface area contributed by atoms with Crippen LogP contribution in [0.25, 0.3) is 6.08 Å². The number of amides is 2. The molecule has 0 spiro atoms. The number of phenolic OH excluding ortho intramolecular Hbond substituents is 1. The number of rotatable bonds is 8. The van der Waals surface area contributed by atoms with Gasteiger partial charge in [0.05, 0.1) is 24.5 Å². The van der Waals surface area contributed by atoms with Crippen LogP contribution in [0.2, 0.25) is 0 Å². The average molecular weight is 438 g/mol. The van der Waals surface area contributed by atoms with Crippen LogP contribution < -0.4 is 0 Å². The lowest BCUT2D eigenvalue weighted by Gasteiger charge is -2.31. The number of para-hydroxylation sites is 1. The summed E-state index contributed by atoms with van der Waals surface area (Å²) in [6, 6.07) is 7.40. The molecule has 4 rings (SSSR count). The summed E-state index contributed by atoms with van der Waals surface area (Å²) in [6.07, 6.45) is 7.14. The summed E-state index contributed by atoms with van der Waals surface area (Å²) in [7, 11) is 0. The molecule has 4 atom stereocenters. The summed E-state index contributed by atoms with van der Waals surface area (Å²) in [5, 5.41) is 10.1. The molecule has 2 saturated heterocycles. The first-order chi connectivity index (χ1) is 15.5. The second-order valence-electron chi connectivity index (χ2n) is 9.26. The Balaban J connectivity index is 1.53. The van der Waals surface area contributed by atoms with Gasteiger partial charge in [0.2, 0.25) is 11.8 Å². The molecule has 0 bridgehead atoms. The Morgan fingerprint density at radius 1 is 1.16 bits per heavy atom. The highest BCUT2D eigenvalue weighted by Crippen LogP contribution is 2.50. The number of hydrogen-bond acceptors (Lipinski definition) is 4. The van der Waals surface area contributed by atoms with E-state index in [1.807, 2.05) is 25.1 Å². The van der Waals surface area contributed by atoms with E-state index in [-0.39, 0.29) is 35.7 Å². The van der Waals surface area contributed by atoms with Crippen LogP contribution in [0.4, 0.5) is 0 Å². The molecule has 2 heterocycles. The van der Waals surface area contributed by atoms with Gasteiger partial charge in [0.25, 0.3) is 0 Å². The summed E-state index contributed by atoms with van der Waals surface area (Å²) in [6.45, 7) is 7.35. The highest BCUT2D eigenvalue weighted by atomic mass is 16.5. The standard InChI is InChI=1S/C27H35NO4/c1-4-13-28-26(30)20-15-18(6-3)24-21(25(20)27(28)31)16-32-23(24)12-11-17(5-2)14-19-9-7-8-10-22(19)29/h7-10,14,20-21,23,25,29H,4-6,11-13,15-16H2,1-3H3/b17-14+/t20-,21+,23-,25-/m1/s1. The van der Waals surface area contributed by atoms with Gasteiger partial charge in [-0.2, -0.15) is 0 Å². The van der Waals surface area contributed by atoms with Crippen molar-refractivity contribution in [3.63, 3.8) is 0 Å². The quantitative estimate of drug-likeness (QED) is 0.454. The minimum Gasteiger partial charge on any atom is -0.507 e. The maximum Gasteiger partial charge on any atom is 0.233 e. The minimum atomic E-state index is -0.244. The Hall–Kier alpha value is -2.40. The number of likely N-dealkylation sites (tertiary alicyclic amines) is 1. The molecule has 0 saturated carbocycles. The van der Waals surface area contributed by atoms with E-state index in [0.717, 1.165) is 37.7 Å². The van der Waals surface area contributed by atoms with Gasteiger partial charge < -0.3 is 9.84 Å². The zero-order chi connectivity index (χ0) is 22.8. The topological polar surface area (TPSA) is 66.8 Å². The van der Waals surface area contributed by atoms with E-state index in [1.165, 1.54) is 21.6 Å². The molecular weight excluding hydrogens is 402 g/mol. The van der Waals surface area contributed by atoms with Gasteiger partial charge in [-0.25, -0.2) is 0 Å². The van der Waals surface area contributed by atoms with Crippen LogP contribution in [0.5, 0.6) is 5.75 Å². The molecule has 1 aromatic carbocycles. The SMILES string of the molecule is CCCN1C(=O)[C@@H]2[C@@H](CC(CC)=C3[C@@H](CC/C(=C/c4ccccc4O)CC)OC[C@@H]32)C1=O. The second kappa shape index (κ2) is 9.62. The first kappa shape index (κ1) is 22.8. The molecule has 5 nitrogen and oxygen atoms in total. The number of nitrogens with zero attached hydrogens (tertiary/aromatic N) is 1. The Bertz CT molecular complexity index is 947. The molecular formula is C27H35NO4. The van der Waals surface area contributed by atoms with Crippen LogP contribution in [-0.2, 0) is 14.3 Å². The highest BCUT2D eigenvalue weighted by molar-refractivity contribution is 6.05. The molecule has 0 aromatic heterocycles. The summed E-state index contributed by atoms with van der Waals surface area (Å²) >= 11 is 0. The largest absolute Gasteiger partial charge is 0.507 e. The van der Waals surface area contributed by atoms with Crippen LogP contribution in [0.3, 0.4) is 0 Å². The highest BCUT2D eigenvalue weighted by Gasteiger charge is 2.56. The van der Waals surface area contributed by atoms with Gasteiger partial charge in [0, 0.05) is 18.0 Å². The first-order valence-electron chi connectivity index (χ1n) is 12.2. The van der Waals surface area contributed by atoms with E-state index in [1.54, 1.807) is 6.07 Å². The normalized spacial score (nSPS) is 27.8. The van der Waals surface area contributed by atoms with Crippen molar-refractivity contribution in [3.8, 4) is 5.75 Å². The third-order valence-corrected chi connectivity index (χ3v) is 7.45. The smallest absolute Gasteiger partial charge is 0.233 e. The average Bonchev–Trinajstić information content (AvgIpc) is 3.32. The van der Waals surface area contributed by atoms with Crippen molar-refractivity contribution in [2.24, 2.45) is 17.8 Å².